The number of fused-ring (bicyclic) bond motifs is 2. The van der Waals surface area contributed by atoms with Gasteiger partial charge in [-0.05, 0) is 53.1 Å². The van der Waals surface area contributed by atoms with E-state index in [9.17, 15) is 4.79 Å². The average Bonchev–Trinajstić information content (AvgIpc) is 2.98. The normalized spacial score (nSPS) is 22.8. The van der Waals surface area contributed by atoms with Crippen LogP contribution in [-0.4, -0.2) is 22.5 Å². The molecule has 1 saturated carbocycles. The number of benzene rings is 1. The van der Waals surface area contributed by atoms with Gasteiger partial charge in [0.1, 0.15) is 5.84 Å². The Labute approximate surface area is 161 Å². The summed E-state index contributed by atoms with van der Waals surface area (Å²) in [5, 5.41) is 0. The number of hydrogen-bond donors (Lipinski definition) is 0. The zero-order valence-electron chi connectivity index (χ0n) is 14.2. The molecule has 0 spiro atoms. The first kappa shape index (κ1) is 16.7. The Morgan fingerprint density at radius 3 is 2.80 bits per heavy atom. The number of hydrogen-bond acceptors (Lipinski definition) is 2. The SMILES string of the molecule is CC1(C(=O)N=C2N=C3C=CC(I)=CN3Cc3ccccc32)CCCC1. The molecule has 1 aliphatic carbocycles. The number of allylic oxidation sites excluding steroid dienone is 2. The molecule has 1 fully saturated rings. The molecule has 0 radical (unpaired) electrons. The van der Waals surface area contributed by atoms with Crippen molar-refractivity contribution in [1.82, 2.24) is 4.90 Å². The number of carbonyl (C=O) groups is 1. The molecule has 0 unspecified atom stereocenters. The van der Waals surface area contributed by atoms with Gasteiger partial charge in [0.25, 0.3) is 5.91 Å². The number of amides is 1. The highest BCUT2D eigenvalue weighted by Gasteiger charge is 2.36. The summed E-state index contributed by atoms with van der Waals surface area (Å²) in [5.41, 5.74) is 1.77. The van der Waals surface area contributed by atoms with Crippen molar-refractivity contribution in [3.8, 4) is 0 Å². The second kappa shape index (κ2) is 6.52. The second-order valence-electron chi connectivity index (χ2n) is 7.11. The Balaban J connectivity index is 1.80. The van der Waals surface area contributed by atoms with Crippen molar-refractivity contribution in [2.45, 2.75) is 39.2 Å². The molecule has 2 heterocycles. The zero-order valence-corrected chi connectivity index (χ0v) is 16.4. The number of nitrogens with zero attached hydrogens (tertiary/aromatic N) is 3. The molecule has 0 atom stereocenters. The molecule has 3 aliphatic rings. The lowest BCUT2D eigenvalue weighted by Crippen LogP contribution is -2.25. The Kier molecular flexibility index (Phi) is 4.35. The summed E-state index contributed by atoms with van der Waals surface area (Å²) in [4.78, 5) is 24.2. The summed E-state index contributed by atoms with van der Waals surface area (Å²) in [7, 11) is 0. The van der Waals surface area contributed by atoms with E-state index in [0.717, 1.165) is 52.8 Å². The van der Waals surface area contributed by atoms with Crippen LogP contribution in [0.25, 0.3) is 0 Å². The molecule has 0 N–H and O–H groups in total. The van der Waals surface area contributed by atoms with E-state index in [2.05, 4.69) is 44.7 Å². The predicted octanol–water partition coefficient (Wildman–Crippen LogP) is 4.60. The van der Waals surface area contributed by atoms with E-state index >= 15 is 0 Å². The fourth-order valence-corrected chi connectivity index (χ4v) is 4.17. The summed E-state index contributed by atoms with van der Waals surface area (Å²) in [6, 6.07) is 8.11. The lowest BCUT2D eigenvalue weighted by molar-refractivity contribution is -0.126. The molecule has 1 amide bonds. The van der Waals surface area contributed by atoms with Crippen LogP contribution in [0.3, 0.4) is 0 Å². The third-order valence-electron chi connectivity index (χ3n) is 5.22. The van der Waals surface area contributed by atoms with Gasteiger partial charge in [0.05, 0.1) is 0 Å². The molecular weight excluding hydrogens is 425 g/mol. The summed E-state index contributed by atoms with van der Waals surface area (Å²) in [5.74, 6) is 1.35. The maximum atomic E-state index is 12.9. The molecule has 5 heteroatoms. The molecule has 4 nitrogen and oxygen atoms in total. The van der Waals surface area contributed by atoms with Gasteiger partial charge in [-0.1, -0.05) is 44.0 Å². The van der Waals surface area contributed by atoms with Crippen molar-refractivity contribution < 1.29 is 4.79 Å². The van der Waals surface area contributed by atoms with Gasteiger partial charge < -0.3 is 4.90 Å². The third-order valence-corrected chi connectivity index (χ3v) is 5.85. The molecule has 0 aromatic heterocycles. The van der Waals surface area contributed by atoms with Gasteiger partial charge in [0.15, 0.2) is 5.84 Å². The summed E-state index contributed by atoms with van der Waals surface area (Å²) in [6.07, 6.45) is 10.2. The van der Waals surface area contributed by atoms with Crippen LogP contribution in [-0.2, 0) is 11.3 Å². The number of carbonyl (C=O) groups excluding carboxylic acids is 1. The fraction of sp³-hybridized carbons (Fsp3) is 0.350. The Bertz CT molecular complexity index is 844. The van der Waals surface area contributed by atoms with Crippen molar-refractivity contribution in [1.29, 1.82) is 0 Å². The first-order chi connectivity index (χ1) is 12.0. The van der Waals surface area contributed by atoms with Crippen LogP contribution in [0.2, 0.25) is 0 Å². The molecule has 128 valence electrons. The minimum Gasteiger partial charge on any atom is -0.327 e. The standard InChI is InChI=1S/C20H20IN3O/c1-20(10-4-5-11-20)19(25)23-18-16-7-3-2-6-14(16)12-24-13-15(21)8-9-17(24)22-18/h2-3,6-9,13H,4-5,10-12H2,1H3. The van der Waals surface area contributed by atoms with Crippen LogP contribution >= 0.6 is 22.6 Å². The average molecular weight is 445 g/mol. The minimum atomic E-state index is -0.328. The highest BCUT2D eigenvalue weighted by atomic mass is 127. The van der Waals surface area contributed by atoms with E-state index < -0.39 is 0 Å². The molecular formula is C20H20IN3O. The largest absolute Gasteiger partial charge is 0.327 e. The van der Waals surface area contributed by atoms with Gasteiger partial charge in [-0.25, -0.2) is 4.99 Å². The van der Waals surface area contributed by atoms with E-state index in [1.807, 2.05) is 37.3 Å². The lowest BCUT2D eigenvalue weighted by Gasteiger charge is -2.21. The van der Waals surface area contributed by atoms with Gasteiger partial charge in [-0.2, -0.15) is 4.99 Å². The van der Waals surface area contributed by atoms with Crippen LogP contribution < -0.4 is 0 Å². The maximum Gasteiger partial charge on any atom is 0.253 e. The molecule has 1 aromatic rings. The van der Waals surface area contributed by atoms with E-state index in [4.69, 9.17) is 4.99 Å². The van der Waals surface area contributed by atoms with Crippen molar-refractivity contribution in [2.24, 2.45) is 15.4 Å². The van der Waals surface area contributed by atoms with Crippen LogP contribution in [0.15, 0.2) is 56.2 Å². The monoisotopic (exact) mass is 445 g/mol. The van der Waals surface area contributed by atoms with Crippen molar-refractivity contribution in [2.75, 3.05) is 0 Å². The number of aliphatic imine (C=N–C) groups is 2. The molecule has 0 bridgehead atoms. The first-order valence-electron chi connectivity index (χ1n) is 8.67. The summed E-state index contributed by atoms with van der Waals surface area (Å²) < 4.78 is 1.16. The van der Waals surface area contributed by atoms with Gasteiger partial charge in [-0.15, -0.1) is 0 Å². The van der Waals surface area contributed by atoms with Crippen molar-refractivity contribution in [3.05, 3.63) is 57.3 Å². The Morgan fingerprint density at radius 2 is 2.00 bits per heavy atom. The van der Waals surface area contributed by atoms with Crippen LogP contribution in [0.4, 0.5) is 0 Å². The highest BCUT2D eigenvalue weighted by Crippen LogP contribution is 2.39. The quantitative estimate of drug-likeness (QED) is 0.594. The van der Waals surface area contributed by atoms with Gasteiger partial charge in [-0.3, -0.25) is 4.79 Å². The van der Waals surface area contributed by atoms with Crippen LogP contribution in [0.1, 0.15) is 43.7 Å². The van der Waals surface area contributed by atoms with Crippen LogP contribution in [0.5, 0.6) is 0 Å². The maximum absolute atomic E-state index is 12.9. The Hall–Kier alpha value is -1.76. The van der Waals surface area contributed by atoms with Crippen LogP contribution in [0, 0.1) is 5.41 Å². The fourth-order valence-electron chi connectivity index (χ4n) is 3.65. The summed E-state index contributed by atoms with van der Waals surface area (Å²) >= 11 is 2.30. The zero-order chi connectivity index (χ0) is 17.4. The van der Waals surface area contributed by atoms with Gasteiger partial charge in [0.2, 0.25) is 0 Å². The van der Waals surface area contributed by atoms with Crippen molar-refractivity contribution >= 4 is 40.2 Å². The lowest BCUT2D eigenvalue weighted by atomic mass is 9.88. The number of rotatable bonds is 1. The second-order valence-corrected chi connectivity index (χ2v) is 8.36. The third kappa shape index (κ3) is 3.21. The predicted molar refractivity (Wildman–Crippen MR) is 109 cm³/mol. The van der Waals surface area contributed by atoms with Gasteiger partial charge >= 0.3 is 0 Å². The van der Waals surface area contributed by atoms with Gasteiger partial charge in [0, 0.05) is 27.3 Å². The topological polar surface area (TPSA) is 45.0 Å². The number of amidine groups is 2. The number of halogens is 1. The molecule has 4 rings (SSSR count). The molecule has 25 heavy (non-hydrogen) atoms. The first-order valence-corrected chi connectivity index (χ1v) is 9.75. The highest BCUT2D eigenvalue weighted by molar-refractivity contribution is 14.1. The minimum absolute atomic E-state index is 0.0301. The van der Waals surface area contributed by atoms with E-state index in [0.29, 0.717) is 5.84 Å². The molecule has 0 saturated heterocycles. The van der Waals surface area contributed by atoms with E-state index in [-0.39, 0.29) is 11.3 Å². The molecule has 1 aromatic carbocycles. The van der Waals surface area contributed by atoms with E-state index in [1.165, 1.54) is 0 Å². The smallest absolute Gasteiger partial charge is 0.253 e. The Morgan fingerprint density at radius 1 is 1.24 bits per heavy atom. The van der Waals surface area contributed by atoms with Crippen molar-refractivity contribution in [3.63, 3.8) is 0 Å². The summed E-state index contributed by atoms with van der Waals surface area (Å²) in [6.45, 7) is 2.77. The van der Waals surface area contributed by atoms with E-state index in [1.54, 1.807) is 0 Å². The molecule has 2 aliphatic heterocycles.